The zero-order chi connectivity index (χ0) is 23.4. The maximum Gasteiger partial charge on any atom is 0.338 e. The van der Waals surface area contributed by atoms with E-state index >= 15 is 0 Å². The Kier molecular flexibility index (Phi) is 6.80. The van der Waals surface area contributed by atoms with E-state index < -0.39 is 22.1 Å². The van der Waals surface area contributed by atoms with Crippen molar-refractivity contribution >= 4 is 38.9 Å². The summed E-state index contributed by atoms with van der Waals surface area (Å²) in [5.41, 5.74) is 2.88. The molecule has 7 nitrogen and oxygen atoms in total. The highest BCUT2D eigenvalue weighted by Crippen LogP contribution is 2.29. The van der Waals surface area contributed by atoms with Gasteiger partial charge in [-0.25, -0.2) is 13.2 Å². The van der Waals surface area contributed by atoms with Gasteiger partial charge in [0.15, 0.2) is 6.10 Å². The molecule has 0 saturated heterocycles. The van der Waals surface area contributed by atoms with Crippen molar-refractivity contribution in [1.29, 1.82) is 0 Å². The summed E-state index contributed by atoms with van der Waals surface area (Å²) >= 11 is 1.11. The van der Waals surface area contributed by atoms with Gasteiger partial charge in [0.1, 0.15) is 4.21 Å². The molecule has 1 aliphatic rings. The normalized spacial score (nSPS) is 16.3. The van der Waals surface area contributed by atoms with Gasteiger partial charge in [-0.2, -0.15) is 0 Å². The number of nitrogens with one attached hydrogen (secondary N) is 2. The van der Waals surface area contributed by atoms with Crippen molar-refractivity contribution < 1.29 is 22.7 Å². The summed E-state index contributed by atoms with van der Waals surface area (Å²) in [4.78, 5) is 25.1. The largest absolute Gasteiger partial charge is 0.449 e. The highest BCUT2D eigenvalue weighted by molar-refractivity contribution is 7.94. The van der Waals surface area contributed by atoms with Crippen LogP contribution >= 0.6 is 11.3 Å². The minimum atomic E-state index is -3.67. The van der Waals surface area contributed by atoms with Crippen molar-refractivity contribution in [1.82, 2.24) is 5.32 Å². The Balaban J connectivity index is 1.35. The molecule has 172 valence electrons. The third-order valence-corrected chi connectivity index (χ3v) is 8.25. The fourth-order valence-corrected chi connectivity index (χ4v) is 5.82. The van der Waals surface area contributed by atoms with E-state index in [2.05, 4.69) is 16.1 Å². The minimum absolute atomic E-state index is 0.0979. The molecule has 0 aliphatic heterocycles. The Hall–Kier alpha value is -3.17. The fraction of sp³-hybridized carbons (Fsp3) is 0.250. The summed E-state index contributed by atoms with van der Waals surface area (Å²) in [5.74, 6) is -1.01. The number of carbonyl (C=O) groups excluding carboxylic acids is 2. The lowest BCUT2D eigenvalue weighted by Crippen LogP contribution is -2.39. The number of rotatable bonds is 7. The van der Waals surface area contributed by atoms with Crippen LogP contribution < -0.4 is 10.0 Å². The number of amides is 1. The Morgan fingerprint density at radius 2 is 1.82 bits per heavy atom. The highest BCUT2D eigenvalue weighted by Gasteiger charge is 2.25. The van der Waals surface area contributed by atoms with Gasteiger partial charge in [-0.15, -0.1) is 11.3 Å². The molecule has 3 aromatic rings. The monoisotopic (exact) mass is 484 g/mol. The molecule has 0 fully saturated rings. The first-order valence-corrected chi connectivity index (χ1v) is 13.0. The van der Waals surface area contributed by atoms with Gasteiger partial charge in [0.2, 0.25) is 0 Å². The molecule has 0 saturated carbocycles. The number of hydrogen-bond acceptors (Lipinski definition) is 6. The van der Waals surface area contributed by atoms with E-state index in [-0.39, 0.29) is 21.7 Å². The SMILES string of the molecule is C[C@H](OC(=O)c1ccc(NS(=O)(=O)c2cccs2)cc1)C(=O)N[C@@H]1CCCc2ccccc21. The van der Waals surface area contributed by atoms with E-state index in [1.807, 2.05) is 18.2 Å². The third kappa shape index (κ3) is 5.43. The quantitative estimate of drug-likeness (QED) is 0.487. The summed E-state index contributed by atoms with van der Waals surface area (Å²) < 4.78 is 32.6. The van der Waals surface area contributed by atoms with Crippen LogP contribution in [-0.4, -0.2) is 26.4 Å². The van der Waals surface area contributed by atoms with Gasteiger partial charge in [-0.3, -0.25) is 9.52 Å². The van der Waals surface area contributed by atoms with E-state index in [0.717, 1.165) is 36.2 Å². The minimum Gasteiger partial charge on any atom is -0.449 e. The van der Waals surface area contributed by atoms with Crippen LogP contribution in [0.5, 0.6) is 0 Å². The van der Waals surface area contributed by atoms with Gasteiger partial charge in [0.25, 0.3) is 15.9 Å². The van der Waals surface area contributed by atoms with Gasteiger partial charge < -0.3 is 10.1 Å². The Bertz CT molecular complexity index is 1240. The number of hydrogen-bond donors (Lipinski definition) is 2. The number of sulfonamides is 1. The number of carbonyl (C=O) groups is 2. The molecule has 9 heteroatoms. The zero-order valence-electron chi connectivity index (χ0n) is 18.0. The van der Waals surface area contributed by atoms with Crippen LogP contribution in [0.1, 0.15) is 47.3 Å². The molecule has 4 rings (SSSR count). The predicted octanol–water partition coefficient (Wildman–Crippen LogP) is 4.29. The lowest BCUT2D eigenvalue weighted by atomic mass is 9.87. The van der Waals surface area contributed by atoms with Crippen LogP contribution in [0.4, 0.5) is 5.69 Å². The summed E-state index contributed by atoms with van der Waals surface area (Å²) in [6, 6.07) is 17.0. The molecular formula is C24H24N2O5S2. The molecule has 1 aliphatic carbocycles. The topological polar surface area (TPSA) is 102 Å². The number of aryl methyl sites for hydroxylation is 1. The Labute approximate surface area is 196 Å². The number of benzene rings is 2. The Morgan fingerprint density at radius 1 is 1.06 bits per heavy atom. The predicted molar refractivity (Wildman–Crippen MR) is 127 cm³/mol. The zero-order valence-corrected chi connectivity index (χ0v) is 19.6. The maximum absolute atomic E-state index is 12.6. The van der Waals surface area contributed by atoms with E-state index in [4.69, 9.17) is 4.74 Å². The van der Waals surface area contributed by atoms with Crippen LogP contribution in [0.15, 0.2) is 70.3 Å². The molecule has 2 aromatic carbocycles. The van der Waals surface area contributed by atoms with Gasteiger partial charge >= 0.3 is 5.97 Å². The summed E-state index contributed by atoms with van der Waals surface area (Å²) in [6.45, 7) is 1.53. The van der Waals surface area contributed by atoms with E-state index in [0.29, 0.717) is 5.69 Å². The smallest absolute Gasteiger partial charge is 0.338 e. The van der Waals surface area contributed by atoms with Gasteiger partial charge in [0, 0.05) is 5.69 Å². The number of fused-ring (bicyclic) bond motifs is 1. The molecule has 2 atom stereocenters. The number of thiophene rings is 1. The number of anilines is 1. The van der Waals surface area contributed by atoms with E-state index in [1.54, 1.807) is 11.4 Å². The van der Waals surface area contributed by atoms with Crippen molar-refractivity contribution in [2.75, 3.05) is 4.72 Å². The lowest BCUT2D eigenvalue weighted by molar-refractivity contribution is -0.130. The summed E-state index contributed by atoms with van der Waals surface area (Å²) in [5, 5.41) is 4.67. The first kappa shape index (κ1) is 23.0. The molecule has 0 radical (unpaired) electrons. The molecule has 1 heterocycles. The van der Waals surface area contributed by atoms with Crippen LogP contribution in [0.3, 0.4) is 0 Å². The highest BCUT2D eigenvalue weighted by atomic mass is 32.2. The van der Waals surface area contributed by atoms with Gasteiger partial charge in [-0.1, -0.05) is 30.3 Å². The molecule has 0 unspecified atom stereocenters. The summed E-state index contributed by atoms with van der Waals surface area (Å²) in [6.07, 6.45) is 1.85. The molecule has 0 bridgehead atoms. The van der Waals surface area contributed by atoms with Crippen molar-refractivity contribution in [2.24, 2.45) is 0 Å². The lowest BCUT2D eigenvalue weighted by Gasteiger charge is -2.27. The number of ether oxygens (including phenoxy) is 1. The number of esters is 1. The molecule has 2 N–H and O–H groups in total. The second-order valence-electron chi connectivity index (χ2n) is 7.81. The van der Waals surface area contributed by atoms with Crippen molar-refractivity contribution in [2.45, 2.75) is 42.5 Å². The van der Waals surface area contributed by atoms with E-state index in [9.17, 15) is 18.0 Å². The molecule has 0 spiro atoms. The molecule has 1 aromatic heterocycles. The summed E-state index contributed by atoms with van der Waals surface area (Å²) in [7, 11) is -3.67. The van der Waals surface area contributed by atoms with Crippen molar-refractivity contribution in [3.63, 3.8) is 0 Å². The van der Waals surface area contributed by atoms with Gasteiger partial charge in [-0.05, 0) is 73.0 Å². The molecular weight excluding hydrogens is 460 g/mol. The van der Waals surface area contributed by atoms with Crippen molar-refractivity contribution in [3.8, 4) is 0 Å². The third-order valence-electron chi connectivity index (χ3n) is 5.47. The second-order valence-corrected chi connectivity index (χ2v) is 10.7. The first-order chi connectivity index (χ1) is 15.8. The maximum atomic E-state index is 12.6. The van der Waals surface area contributed by atoms with Crippen LogP contribution in [-0.2, 0) is 26.0 Å². The van der Waals surface area contributed by atoms with Crippen LogP contribution in [0, 0.1) is 0 Å². The molecule has 33 heavy (non-hydrogen) atoms. The Morgan fingerprint density at radius 3 is 2.55 bits per heavy atom. The molecule has 1 amide bonds. The van der Waals surface area contributed by atoms with Crippen LogP contribution in [0.25, 0.3) is 0 Å². The fourth-order valence-electron chi connectivity index (χ4n) is 3.77. The standard InChI is InChI=1S/C24H24N2O5S2/c1-16(23(27)25-21-9-4-7-17-6-2-3-8-20(17)21)31-24(28)18-11-13-19(14-12-18)26-33(29,30)22-10-5-15-32-22/h2-3,5-6,8,10-16,21,26H,4,7,9H2,1H3,(H,25,27)/t16-,21+/m0/s1. The first-order valence-electron chi connectivity index (χ1n) is 10.6. The van der Waals surface area contributed by atoms with Gasteiger partial charge in [0.05, 0.1) is 11.6 Å². The average Bonchev–Trinajstić information content (AvgIpc) is 3.36. The van der Waals surface area contributed by atoms with Crippen molar-refractivity contribution in [3.05, 3.63) is 82.7 Å². The average molecular weight is 485 g/mol. The second kappa shape index (κ2) is 9.76. The van der Waals surface area contributed by atoms with E-state index in [1.165, 1.54) is 42.8 Å². The van der Waals surface area contributed by atoms with Crippen LogP contribution in [0.2, 0.25) is 0 Å².